The maximum atomic E-state index is 11.2. The van der Waals surface area contributed by atoms with Crippen molar-refractivity contribution in [1.29, 1.82) is 5.26 Å². The predicted molar refractivity (Wildman–Crippen MR) is 129 cm³/mol. The second-order valence-electron chi connectivity index (χ2n) is 8.55. The van der Waals surface area contributed by atoms with Crippen LogP contribution in [-0.2, 0) is 16.8 Å². The van der Waals surface area contributed by atoms with Crippen molar-refractivity contribution in [2.45, 2.75) is 32.2 Å². The number of nitrogens with zero attached hydrogens (tertiary/aromatic N) is 7. The van der Waals surface area contributed by atoms with Crippen LogP contribution in [0.15, 0.2) is 48.7 Å². The van der Waals surface area contributed by atoms with Gasteiger partial charge in [-0.2, -0.15) is 5.26 Å². The Labute approximate surface area is 206 Å². The highest BCUT2D eigenvalue weighted by atomic mass is 35.5. The van der Waals surface area contributed by atoms with Gasteiger partial charge in [0.2, 0.25) is 5.95 Å². The number of pyridine rings is 1. The van der Waals surface area contributed by atoms with E-state index in [1.54, 1.807) is 35.1 Å². The molecule has 1 aromatic carbocycles. The molecule has 0 fully saturated rings. The topological polar surface area (TPSA) is 156 Å². The molecule has 0 spiro atoms. The quantitative estimate of drug-likeness (QED) is 0.395. The number of halogens is 1. The van der Waals surface area contributed by atoms with Crippen molar-refractivity contribution >= 4 is 23.5 Å². The van der Waals surface area contributed by atoms with Gasteiger partial charge < -0.3 is 10.8 Å². The van der Waals surface area contributed by atoms with Gasteiger partial charge in [0.1, 0.15) is 11.8 Å². The molecule has 3 N–H and O–H groups in total. The average Bonchev–Trinajstić information content (AvgIpc) is 3.27. The molecule has 0 aliphatic carbocycles. The maximum Gasteiger partial charge on any atom is 0.304 e. The smallest absolute Gasteiger partial charge is 0.304 e. The second kappa shape index (κ2) is 9.48. The van der Waals surface area contributed by atoms with Gasteiger partial charge in [0, 0.05) is 16.7 Å². The van der Waals surface area contributed by atoms with Crippen LogP contribution < -0.4 is 5.73 Å². The molecule has 0 aliphatic rings. The monoisotopic (exact) mass is 488 g/mol. The summed E-state index contributed by atoms with van der Waals surface area (Å²) >= 11 is 6.37. The summed E-state index contributed by atoms with van der Waals surface area (Å²) in [6, 6.07) is 14.3. The lowest BCUT2D eigenvalue weighted by Crippen LogP contribution is -2.23. The van der Waals surface area contributed by atoms with Gasteiger partial charge in [0.05, 0.1) is 46.8 Å². The van der Waals surface area contributed by atoms with Crippen LogP contribution in [0.3, 0.4) is 0 Å². The molecule has 0 amide bonds. The third kappa shape index (κ3) is 5.26. The van der Waals surface area contributed by atoms with Gasteiger partial charge in [0.25, 0.3) is 0 Å². The van der Waals surface area contributed by atoms with Gasteiger partial charge in [0.15, 0.2) is 0 Å². The molecule has 0 radical (unpaired) electrons. The van der Waals surface area contributed by atoms with Crippen LogP contribution in [0.4, 0.5) is 5.95 Å². The van der Waals surface area contributed by atoms with Crippen LogP contribution >= 0.6 is 11.6 Å². The van der Waals surface area contributed by atoms with Crippen molar-refractivity contribution in [2.75, 3.05) is 5.73 Å². The molecule has 0 saturated heterocycles. The van der Waals surface area contributed by atoms with E-state index < -0.39 is 11.4 Å². The number of carboxylic acids is 1. The summed E-state index contributed by atoms with van der Waals surface area (Å²) < 4.78 is 1.60. The summed E-state index contributed by atoms with van der Waals surface area (Å²) in [5.74, 6) is -0.854. The van der Waals surface area contributed by atoms with E-state index in [1.807, 2.05) is 38.1 Å². The third-order valence-electron chi connectivity index (χ3n) is 5.36. The molecule has 176 valence electrons. The van der Waals surface area contributed by atoms with Gasteiger partial charge in [-0.05, 0) is 24.3 Å². The minimum atomic E-state index is -0.882. The van der Waals surface area contributed by atoms with E-state index in [9.17, 15) is 15.2 Å². The first kappa shape index (κ1) is 23.8. The fourth-order valence-corrected chi connectivity index (χ4v) is 3.89. The number of hydrogen-bond acceptors (Lipinski definition) is 8. The highest BCUT2D eigenvalue weighted by Crippen LogP contribution is 2.31. The molecule has 11 heteroatoms. The number of benzene rings is 1. The zero-order valence-corrected chi connectivity index (χ0v) is 19.7. The lowest BCUT2D eigenvalue weighted by Gasteiger charge is -2.22. The van der Waals surface area contributed by atoms with Crippen molar-refractivity contribution in [2.24, 2.45) is 0 Å². The Morgan fingerprint density at radius 1 is 1.14 bits per heavy atom. The highest BCUT2D eigenvalue weighted by Gasteiger charge is 2.26. The highest BCUT2D eigenvalue weighted by molar-refractivity contribution is 6.34. The molecular formula is C24H21ClN8O2. The number of carbonyl (C=O) groups is 1. The molecule has 0 saturated carbocycles. The third-order valence-corrected chi connectivity index (χ3v) is 5.76. The largest absolute Gasteiger partial charge is 0.481 e. The number of rotatable bonds is 7. The first-order chi connectivity index (χ1) is 16.7. The van der Waals surface area contributed by atoms with Gasteiger partial charge in [-0.25, -0.2) is 14.6 Å². The van der Waals surface area contributed by atoms with E-state index in [0.717, 1.165) is 0 Å². The number of nitrogens with two attached hydrogens (primary N) is 1. The number of aliphatic carboxylic acids is 1. The lowest BCUT2D eigenvalue weighted by molar-refractivity contribution is -0.138. The summed E-state index contributed by atoms with van der Waals surface area (Å²) in [7, 11) is 0. The molecule has 4 aromatic rings. The zero-order valence-electron chi connectivity index (χ0n) is 19.0. The number of carboxylic acid groups (broad SMARTS) is 1. The molecule has 4 rings (SSSR count). The molecule has 0 unspecified atom stereocenters. The molecule has 10 nitrogen and oxygen atoms in total. The summed E-state index contributed by atoms with van der Waals surface area (Å²) in [5, 5.41) is 27.1. The van der Waals surface area contributed by atoms with Crippen molar-refractivity contribution in [1.82, 2.24) is 29.9 Å². The molecule has 3 aromatic heterocycles. The Morgan fingerprint density at radius 2 is 1.89 bits per heavy atom. The van der Waals surface area contributed by atoms with E-state index >= 15 is 0 Å². The Kier molecular flexibility index (Phi) is 6.44. The van der Waals surface area contributed by atoms with Crippen LogP contribution in [0.2, 0.25) is 5.02 Å². The minimum Gasteiger partial charge on any atom is -0.481 e. The van der Waals surface area contributed by atoms with E-state index in [-0.39, 0.29) is 17.4 Å². The van der Waals surface area contributed by atoms with Gasteiger partial charge in [-0.15, -0.1) is 5.10 Å². The van der Waals surface area contributed by atoms with Crippen molar-refractivity contribution in [3.63, 3.8) is 0 Å². The van der Waals surface area contributed by atoms with E-state index in [0.29, 0.717) is 46.1 Å². The Morgan fingerprint density at radius 3 is 2.63 bits per heavy atom. The zero-order chi connectivity index (χ0) is 25.2. The summed E-state index contributed by atoms with van der Waals surface area (Å²) in [6.45, 7) is 4.01. The molecule has 0 aliphatic heterocycles. The maximum absolute atomic E-state index is 11.2. The summed E-state index contributed by atoms with van der Waals surface area (Å²) in [6.07, 6.45) is 1.67. The molecule has 0 bridgehead atoms. The number of aromatic nitrogens is 6. The van der Waals surface area contributed by atoms with Crippen LogP contribution in [0.5, 0.6) is 0 Å². The number of anilines is 1. The van der Waals surface area contributed by atoms with Crippen molar-refractivity contribution < 1.29 is 9.90 Å². The molecule has 3 heterocycles. The fourth-order valence-electron chi connectivity index (χ4n) is 3.62. The number of hydrogen-bond donors (Lipinski definition) is 2. The Bertz CT molecular complexity index is 1460. The molecular weight excluding hydrogens is 468 g/mol. The second-order valence-corrected chi connectivity index (χ2v) is 8.92. The Balaban J connectivity index is 1.61. The van der Waals surface area contributed by atoms with Gasteiger partial charge in [-0.3, -0.25) is 9.78 Å². The van der Waals surface area contributed by atoms with E-state index in [1.165, 1.54) is 0 Å². The van der Waals surface area contributed by atoms with Crippen molar-refractivity contribution in [3.8, 4) is 28.7 Å². The van der Waals surface area contributed by atoms with E-state index in [4.69, 9.17) is 17.3 Å². The van der Waals surface area contributed by atoms with E-state index in [2.05, 4.69) is 25.3 Å². The minimum absolute atomic E-state index is 0.0282. The lowest BCUT2D eigenvalue weighted by atomic mass is 9.85. The fraction of sp³-hybridized carbons (Fsp3) is 0.208. The van der Waals surface area contributed by atoms with Crippen LogP contribution in [0, 0.1) is 11.3 Å². The predicted octanol–water partition coefficient (Wildman–Crippen LogP) is 3.70. The normalized spacial score (nSPS) is 11.3. The van der Waals surface area contributed by atoms with Gasteiger partial charge >= 0.3 is 5.97 Å². The van der Waals surface area contributed by atoms with Gasteiger partial charge in [-0.1, -0.05) is 48.9 Å². The summed E-state index contributed by atoms with van der Waals surface area (Å²) in [4.78, 5) is 24.4. The molecule has 0 atom stereocenters. The van der Waals surface area contributed by atoms with Crippen LogP contribution in [0.1, 0.15) is 37.2 Å². The summed E-state index contributed by atoms with van der Waals surface area (Å²) in [5.41, 5.74) is 8.97. The first-order valence-electron chi connectivity index (χ1n) is 10.6. The first-order valence-corrected chi connectivity index (χ1v) is 11.0. The van der Waals surface area contributed by atoms with Crippen molar-refractivity contribution in [3.05, 3.63) is 70.6 Å². The van der Waals surface area contributed by atoms with Crippen LogP contribution in [0.25, 0.3) is 22.6 Å². The number of nitrogen functional groups attached to an aromatic ring is 1. The SMILES string of the molecule is CC(C)(CC(=O)O)c1cccc(Cn2cc(-c3cc(-c4cccc(C#N)c4Cl)nc(N)n3)nn2)n1. The Hall–Kier alpha value is -4.36. The standard InChI is InChI=1S/C24H21ClN8O2/c1-24(2,10-21(34)35)20-8-4-6-15(28-20)12-33-13-19(31-32-33)18-9-17(29-23(27)30-18)16-7-3-5-14(11-26)22(16)25/h3-9,13H,10,12H2,1-2H3,(H,34,35)(H2,27,29,30). The van der Waals surface area contributed by atoms with Crippen LogP contribution in [-0.4, -0.2) is 41.0 Å². The molecule has 35 heavy (non-hydrogen) atoms. The average molecular weight is 489 g/mol. The number of nitriles is 1.